The number of hydrogen-bond donors (Lipinski definition) is 11. The molecule has 0 saturated carbocycles. The molecule has 3 fully saturated rings. The molecule has 15 atom stereocenters. The van der Waals surface area contributed by atoms with Crippen LogP contribution in [0, 0.1) is 0 Å². The van der Waals surface area contributed by atoms with Crippen molar-refractivity contribution in [3.05, 3.63) is 0 Å². The zero-order valence-corrected chi connectivity index (χ0v) is 19.7. The predicted molar refractivity (Wildman–Crippen MR) is 113 cm³/mol. The second kappa shape index (κ2) is 12.8. The maximum absolute atomic E-state index is 11.5. The molecule has 17 nitrogen and oxygen atoms in total. The van der Waals surface area contributed by atoms with E-state index >= 15 is 0 Å². The van der Waals surface area contributed by atoms with Crippen molar-refractivity contribution in [1.82, 2.24) is 5.32 Å². The minimum absolute atomic E-state index is 0.627. The van der Waals surface area contributed by atoms with E-state index in [1.54, 1.807) is 0 Å². The van der Waals surface area contributed by atoms with E-state index in [9.17, 15) is 55.9 Å². The average molecular weight is 545 g/mol. The molecule has 3 aliphatic rings. The molecule has 0 aromatic carbocycles. The number of nitrogens with one attached hydrogen (secondary N) is 1. The normalized spacial score (nSPS) is 49.0. The number of aliphatic hydroxyl groups is 10. The van der Waals surface area contributed by atoms with Gasteiger partial charge in [-0.2, -0.15) is 0 Å². The van der Waals surface area contributed by atoms with Gasteiger partial charge in [0.1, 0.15) is 73.2 Å². The van der Waals surface area contributed by atoms with Gasteiger partial charge < -0.3 is 80.1 Å². The number of carbonyl (C=O) groups is 1. The summed E-state index contributed by atoms with van der Waals surface area (Å²) in [4.78, 5) is 11.5. The van der Waals surface area contributed by atoms with Gasteiger partial charge in [0.15, 0.2) is 18.9 Å². The van der Waals surface area contributed by atoms with E-state index in [1.165, 1.54) is 0 Å². The summed E-state index contributed by atoms with van der Waals surface area (Å²) in [5.74, 6) is -0.627. The predicted octanol–water partition coefficient (Wildman–Crippen LogP) is -7.43. The fraction of sp³-hybridized carbons (Fsp3) is 0.950. The van der Waals surface area contributed by atoms with Crippen molar-refractivity contribution in [2.75, 3.05) is 19.8 Å². The van der Waals surface area contributed by atoms with E-state index in [0.717, 1.165) is 6.92 Å². The molecule has 11 N–H and O–H groups in total. The number of hydrogen-bond acceptors (Lipinski definition) is 16. The van der Waals surface area contributed by atoms with Crippen molar-refractivity contribution in [2.45, 2.75) is 99.0 Å². The highest BCUT2D eigenvalue weighted by Crippen LogP contribution is 2.32. The van der Waals surface area contributed by atoms with E-state index in [0.29, 0.717) is 0 Å². The lowest BCUT2D eigenvalue weighted by Crippen LogP contribution is -2.68. The second-order valence-electron chi connectivity index (χ2n) is 9.07. The maximum atomic E-state index is 11.5. The van der Waals surface area contributed by atoms with Gasteiger partial charge in [-0.3, -0.25) is 4.79 Å². The quantitative estimate of drug-likeness (QED) is 0.135. The van der Waals surface area contributed by atoms with Gasteiger partial charge in [-0.15, -0.1) is 0 Å². The van der Waals surface area contributed by atoms with Crippen molar-refractivity contribution in [1.29, 1.82) is 0 Å². The largest absolute Gasteiger partial charge is 0.394 e. The van der Waals surface area contributed by atoms with Gasteiger partial charge in [0.05, 0.1) is 19.8 Å². The first kappa shape index (κ1) is 30.4. The Labute approximate surface area is 210 Å². The summed E-state index contributed by atoms with van der Waals surface area (Å²) in [6.07, 6.45) is -23.4. The molecule has 3 heterocycles. The molecular weight excluding hydrogens is 510 g/mol. The van der Waals surface area contributed by atoms with Gasteiger partial charge in [0, 0.05) is 6.92 Å². The average Bonchev–Trinajstić information content (AvgIpc) is 2.86. The topological polar surface area (TPSA) is 278 Å². The fourth-order valence-electron chi connectivity index (χ4n) is 4.46. The Kier molecular flexibility index (Phi) is 10.5. The summed E-state index contributed by atoms with van der Waals surface area (Å²) in [6.45, 7) is -1.23. The molecule has 37 heavy (non-hydrogen) atoms. The zero-order valence-electron chi connectivity index (χ0n) is 19.7. The molecule has 0 spiro atoms. The number of rotatable bonds is 8. The molecule has 7 unspecified atom stereocenters. The lowest BCUT2D eigenvalue weighted by molar-refractivity contribution is -0.375. The van der Waals surface area contributed by atoms with E-state index in [4.69, 9.17) is 23.7 Å². The van der Waals surface area contributed by atoms with Crippen LogP contribution in [-0.2, 0) is 28.5 Å². The Morgan fingerprint density at radius 1 is 0.649 bits per heavy atom. The Bertz CT molecular complexity index is 745. The Hall–Kier alpha value is -1.13. The van der Waals surface area contributed by atoms with Crippen LogP contribution in [0.15, 0.2) is 0 Å². The van der Waals surface area contributed by atoms with Gasteiger partial charge in [0.25, 0.3) is 0 Å². The third-order valence-electron chi connectivity index (χ3n) is 6.50. The first-order valence-electron chi connectivity index (χ1n) is 11.6. The number of carbonyl (C=O) groups excluding carboxylic acids is 1. The minimum Gasteiger partial charge on any atom is -0.394 e. The summed E-state index contributed by atoms with van der Waals surface area (Å²) >= 11 is 0. The fourth-order valence-corrected chi connectivity index (χ4v) is 4.46. The maximum Gasteiger partial charge on any atom is 0.217 e. The molecule has 1 amide bonds. The van der Waals surface area contributed by atoms with Crippen molar-refractivity contribution in [2.24, 2.45) is 0 Å². The summed E-state index contributed by atoms with van der Waals surface area (Å²) in [7, 11) is 0. The van der Waals surface area contributed by atoms with Crippen LogP contribution in [-0.4, -0.2) is 169 Å². The minimum atomic E-state index is -1.91. The first-order valence-corrected chi connectivity index (χ1v) is 11.6. The van der Waals surface area contributed by atoms with Crippen LogP contribution < -0.4 is 5.32 Å². The first-order chi connectivity index (χ1) is 17.4. The second-order valence-corrected chi connectivity index (χ2v) is 9.07. The van der Waals surface area contributed by atoms with E-state index in [-0.39, 0.29) is 0 Å². The Balaban J connectivity index is 1.80. The monoisotopic (exact) mass is 545 g/mol. The molecule has 0 aromatic heterocycles. The molecule has 216 valence electrons. The molecule has 3 rings (SSSR count). The van der Waals surface area contributed by atoms with Crippen LogP contribution >= 0.6 is 0 Å². The van der Waals surface area contributed by atoms with E-state index < -0.39 is 118 Å². The Morgan fingerprint density at radius 2 is 1.16 bits per heavy atom. The van der Waals surface area contributed by atoms with Crippen molar-refractivity contribution >= 4 is 5.91 Å². The summed E-state index contributed by atoms with van der Waals surface area (Å²) in [5, 5.41) is 103. The lowest BCUT2D eigenvalue weighted by atomic mass is 9.95. The zero-order chi connectivity index (χ0) is 27.6. The standard InChI is InChI=1S/C20H35NO16/c1-5(25)21-9-12(28)16(8(4-24)33-18(9)32)36-20-15(31)17(11(27)7(3-23)35-20)37-19-14(30)13(29)10(26)6(2-22)34-19/h6-20,22-24,26-32H,2-4H2,1H3,(H,21,25)/t6?,7?,8?,9?,10-,11-,12+,13-,14?,15?,16+,17-,18?,19+,20+/m0/s1. The summed E-state index contributed by atoms with van der Waals surface area (Å²) in [5.41, 5.74) is 0. The smallest absolute Gasteiger partial charge is 0.217 e. The highest BCUT2D eigenvalue weighted by molar-refractivity contribution is 5.73. The van der Waals surface area contributed by atoms with Crippen LogP contribution in [0.2, 0.25) is 0 Å². The molecule has 17 heteroatoms. The summed E-state index contributed by atoms with van der Waals surface area (Å²) in [6, 6.07) is -1.40. The molecule has 0 radical (unpaired) electrons. The van der Waals surface area contributed by atoms with E-state index in [2.05, 4.69) is 5.32 Å². The van der Waals surface area contributed by atoms with Gasteiger partial charge >= 0.3 is 0 Å². The third-order valence-corrected chi connectivity index (χ3v) is 6.50. The van der Waals surface area contributed by atoms with E-state index in [1.807, 2.05) is 0 Å². The van der Waals surface area contributed by atoms with Gasteiger partial charge in [0.2, 0.25) is 5.91 Å². The third kappa shape index (κ3) is 6.38. The van der Waals surface area contributed by atoms with Crippen molar-refractivity contribution < 1.29 is 79.5 Å². The lowest BCUT2D eigenvalue weighted by Gasteiger charge is -2.48. The van der Waals surface area contributed by atoms with Crippen LogP contribution in [0.25, 0.3) is 0 Å². The molecular formula is C20H35NO16. The van der Waals surface area contributed by atoms with Crippen molar-refractivity contribution in [3.63, 3.8) is 0 Å². The van der Waals surface area contributed by atoms with Gasteiger partial charge in [-0.05, 0) is 0 Å². The molecule has 3 saturated heterocycles. The molecule has 0 aliphatic carbocycles. The van der Waals surface area contributed by atoms with Gasteiger partial charge in [-0.25, -0.2) is 0 Å². The Morgan fingerprint density at radius 3 is 1.70 bits per heavy atom. The molecule has 3 aliphatic heterocycles. The van der Waals surface area contributed by atoms with Crippen LogP contribution in [0.5, 0.6) is 0 Å². The molecule has 0 aromatic rings. The number of aliphatic hydroxyl groups excluding tert-OH is 10. The SMILES string of the molecule is CC(=O)NC1C(O)OC(CO)[C@@H](O[C@H]2OC(CO)[C@H](O)[C@H](O[C@H]3OC(CO)[C@H](O)[C@H](O)C3O)C2O)[C@@H]1O. The highest BCUT2D eigenvalue weighted by atomic mass is 16.7. The van der Waals surface area contributed by atoms with Crippen LogP contribution in [0.4, 0.5) is 0 Å². The number of amides is 1. The summed E-state index contributed by atoms with van der Waals surface area (Å²) < 4.78 is 26.9. The van der Waals surface area contributed by atoms with Gasteiger partial charge in [-0.1, -0.05) is 0 Å². The highest BCUT2D eigenvalue weighted by Gasteiger charge is 2.53. The van der Waals surface area contributed by atoms with Crippen LogP contribution in [0.3, 0.4) is 0 Å². The van der Waals surface area contributed by atoms with Crippen molar-refractivity contribution in [3.8, 4) is 0 Å². The number of ether oxygens (including phenoxy) is 5. The molecule has 0 bridgehead atoms. The van der Waals surface area contributed by atoms with Crippen LogP contribution in [0.1, 0.15) is 6.92 Å².